The summed E-state index contributed by atoms with van der Waals surface area (Å²) in [5, 5.41) is 0.720. The summed E-state index contributed by atoms with van der Waals surface area (Å²) in [5.74, 6) is 1.84. The van der Waals surface area contributed by atoms with Gasteiger partial charge in [0.05, 0.1) is 7.11 Å². The second-order valence-corrected chi connectivity index (χ2v) is 5.15. The van der Waals surface area contributed by atoms with Gasteiger partial charge in [-0.25, -0.2) is 0 Å². The van der Waals surface area contributed by atoms with Crippen LogP contribution in [0.15, 0.2) is 18.2 Å². The highest BCUT2D eigenvalue weighted by Gasteiger charge is 2.31. The number of carbonyl (C=O) groups excluding carboxylic acids is 1. The maximum Gasteiger partial charge on any atom is 0.135 e. The third-order valence-corrected chi connectivity index (χ3v) is 3.94. The van der Waals surface area contributed by atoms with Gasteiger partial charge in [-0.2, -0.15) is 0 Å². The Labute approximate surface area is 107 Å². The number of hydrogen-bond donors (Lipinski definition) is 0. The Morgan fingerprint density at radius 2 is 2.24 bits per heavy atom. The first kappa shape index (κ1) is 12.4. The minimum absolute atomic E-state index is 0.165. The third kappa shape index (κ3) is 2.63. The molecule has 0 aliphatic heterocycles. The van der Waals surface area contributed by atoms with Crippen LogP contribution < -0.4 is 4.74 Å². The molecule has 2 nitrogen and oxygen atoms in total. The maximum atomic E-state index is 11.5. The molecule has 1 aromatic carbocycles. The van der Waals surface area contributed by atoms with Gasteiger partial charge in [-0.3, -0.25) is 4.79 Å². The van der Waals surface area contributed by atoms with Gasteiger partial charge in [0, 0.05) is 17.4 Å². The lowest BCUT2D eigenvalue weighted by atomic mass is 9.90. The van der Waals surface area contributed by atoms with Gasteiger partial charge in [-0.1, -0.05) is 18.5 Å². The highest BCUT2D eigenvalue weighted by Crippen LogP contribution is 2.34. The van der Waals surface area contributed by atoms with E-state index in [9.17, 15) is 4.79 Å². The van der Waals surface area contributed by atoms with Crippen molar-refractivity contribution in [2.75, 3.05) is 7.11 Å². The molecule has 2 unspecified atom stereocenters. The number of halogens is 1. The molecular formula is C14H17ClO2. The van der Waals surface area contributed by atoms with Crippen molar-refractivity contribution < 1.29 is 9.53 Å². The Hall–Kier alpha value is -1.02. The Kier molecular flexibility index (Phi) is 3.72. The zero-order valence-electron chi connectivity index (χ0n) is 10.2. The van der Waals surface area contributed by atoms with Crippen molar-refractivity contribution in [3.8, 4) is 5.75 Å². The van der Waals surface area contributed by atoms with Crippen LogP contribution >= 0.6 is 11.6 Å². The van der Waals surface area contributed by atoms with Crippen LogP contribution in [0, 0.1) is 11.8 Å². The van der Waals surface area contributed by atoms with E-state index in [-0.39, 0.29) is 5.92 Å². The van der Waals surface area contributed by atoms with Gasteiger partial charge in [-0.05, 0) is 42.5 Å². The van der Waals surface area contributed by atoms with E-state index in [1.807, 2.05) is 25.1 Å². The van der Waals surface area contributed by atoms with Gasteiger partial charge in [0.25, 0.3) is 0 Å². The summed E-state index contributed by atoms with van der Waals surface area (Å²) in [7, 11) is 1.66. The van der Waals surface area contributed by atoms with Gasteiger partial charge in [-0.15, -0.1) is 0 Å². The Morgan fingerprint density at radius 3 is 2.82 bits per heavy atom. The molecule has 17 heavy (non-hydrogen) atoms. The van der Waals surface area contributed by atoms with E-state index >= 15 is 0 Å². The monoisotopic (exact) mass is 252 g/mol. The van der Waals surface area contributed by atoms with Gasteiger partial charge in [0.15, 0.2) is 0 Å². The Morgan fingerprint density at radius 1 is 1.47 bits per heavy atom. The van der Waals surface area contributed by atoms with Crippen molar-refractivity contribution in [1.29, 1.82) is 0 Å². The molecule has 0 amide bonds. The Balaban J connectivity index is 2.18. The average Bonchev–Trinajstić information content (AvgIpc) is 2.61. The number of ether oxygens (including phenoxy) is 1. The molecule has 1 aliphatic carbocycles. The minimum Gasteiger partial charge on any atom is -0.496 e. The predicted octanol–water partition coefficient (Wildman–Crippen LogP) is 3.51. The largest absolute Gasteiger partial charge is 0.496 e. The summed E-state index contributed by atoms with van der Waals surface area (Å²) in [6.45, 7) is 2.02. The molecule has 0 N–H and O–H groups in total. The molecule has 0 aromatic heterocycles. The molecule has 0 saturated heterocycles. The molecule has 0 heterocycles. The number of ketones is 1. The zero-order chi connectivity index (χ0) is 12.4. The second-order valence-electron chi connectivity index (χ2n) is 4.71. The van der Waals surface area contributed by atoms with Crippen molar-refractivity contribution in [2.45, 2.75) is 26.2 Å². The fraction of sp³-hybridized carbons (Fsp3) is 0.500. The average molecular weight is 253 g/mol. The van der Waals surface area contributed by atoms with Gasteiger partial charge >= 0.3 is 0 Å². The van der Waals surface area contributed by atoms with Gasteiger partial charge in [0.1, 0.15) is 11.5 Å². The number of hydrogen-bond acceptors (Lipinski definition) is 2. The number of carbonyl (C=O) groups is 1. The van der Waals surface area contributed by atoms with Crippen molar-refractivity contribution in [2.24, 2.45) is 11.8 Å². The molecule has 92 valence electrons. The van der Waals surface area contributed by atoms with Gasteiger partial charge < -0.3 is 4.74 Å². The van der Waals surface area contributed by atoms with E-state index in [2.05, 4.69) is 0 Å². The SMILES string of the molecule is COc1ccc(Cl)cc1CC1CCC(=O)C1C. The molecule has 0 bridgehead atoms. The lowest BCUT2D eigenvalue weighted by molar-refractivity contribution is -0.120. The van der Waals surface area contributed by atoms with E-state index in [1.165, 1.54) is 0 Å². The molecule has 1 fully saturated rings. The standard InChI is InChI=1S/C14H17ClO2/c1-9-10(3-5-13(9)16)7-11-8-12(15)4-6-14(11)17-2/h4,6,8-10H,3,5,7H2,1-2H3. The molecule has 1 saturated carbocycles. The summed E-state index contributed by atoms with van der Waals surface area (Å²) in [6.07, 6.45) is 2.57. The first-order chi connectivity index (χ1) is 8.11. The molecule has 3 heteroatoms. The lowest BCUT2D eigenvalue weighted by Gasteiger charge is -2.16. The van der Waals surface area contributed by atoms with Crippen LogP contribution in [0.4, 0.5) is 0 Å². The first-order valence-corrected chi connectivity index (χ1v) is 6.34. The molecular weight excluding hydrogens is 236 g/mol. The lowest BCUT2D eigenvalue weighted by Crippen LogP contribution is -2.13. The van der Waals surface area contributed by atoms with E-state index in [0.29, 0.717) is 18.1 Å². The third-order valence-electron chi connectivity index (χ3n) is 3.70. The Bertz CT molecular complexity index is 428. The fourth-order valence-corrected chi connectivity index (χ4v) is 2.73. The van der Waals surface area contributed by atoms with Crippen LogP contribution in [0.25, 0.3) is 0 Å². The highest BCUT2D eigenvalue weighted by molar-refractivity contribution is 6.30. The van der Waals surface area contributed by atoms with Crippen LogP contribution in [0.1, 0.15) is 25.3 Å². The predicted molar refractivity (Wildman–Crippen MR) is 68.6 cm³/mol. The summed E-state index contributed by atoms with van der Waals surface area (Å²) < 4.78 is 5.33. The quantitative estimate of drug-likeness (QED) is 0.823. The summed E-state index contributed by atoms with van der Waals surface area (Å²) in [6, 6.07) is 5.65. The van der Waals surface area contributed by atoms with Crippen LogP contribution in [0.2, 0.25) is 5.02 Å². The minimum atomic E-state index is 0.165. The summed E-state index contributed by atoms with van der Waals surface area (Å²) in [4.78, 5) is 11.5. The first-order valence-electron chi connectivity index (χ1n) is 5.97. The number of benzene rings is 1. The van der Waals surface area contributed by atoms with Crippen molar-refractivity contribution in [3.05, 3.63) is 28.8 Å². The van der Waals surface area contributed by atoms with Crippen molar-refractivity contribution >= 4 is 17.4 Å². The zero-order valence-corrected chi connectivity index (χ0v) is 11.0. The van der Waals surface area contributed by atoms with Crippen LogP contribution in [0.3, 0.4) is 0 Å². The maximum absolute atomic E-state index is 11.5. The van der Waals surface area contributed by atoms with Crippen LogP contribution in [-0.2, 0) is 11.2 Å². The van der Waals surface area contributed by atoms with Crippen molar-refractivity contribution in [1.82, 2.24) is 0 Å². The van der Waals surface area contributed by atoms with Crippen molar-refractivity contribution in [3.63, 3.8) is 0 Å². The van der Waals surface area contributed by atoms with E-state index in [1.54, 1.807) is 7.11 Å². The number of Topliss-reactive ketones (excluding diaryl/α,β-unsaturated/α-hetero) is 1. The van der Waals surface area contributed by atoms with E-state index in [0.717, 1.165) is 29.2 Å². The highest BCUT2D eigenvalue weighted by atomic mass is 35.5. The number of rotatable bonds is 3. The molecule has 2 rings (SSSR count). The van der Waals surface area contributed by atoms with Crippen LogP contribution in [0.5, 0.6) is 5.75 Å². The molecule has 0 spiro atoms. The number of methoxy groups -OCH3 is 1. The van der Waals surface area contributed by atoms with E-state index in [4.69, 9.17) is 16.3 Å². The molecule has 0 radical (unpaired) electrons. The summed E-state index contributed by atoms with van der Waals surface area (Å²) >= 11 is 6.00. The molecule has 1 aliphatic rings. The van der Waals surface area contributed by atoms with Gasteiger partial charge in [0.2, 0.25) is 0 Å². The topological polar surface area (TPSA) is 26.3 Å². The normalized spacial score (nSPS) is 24.1. The van der Waals surface area contributed by atoms with E-state index < -0.39 is 0 Å². The summed E-state index contributed by atoms with van der Waals surface area (Å²) in [5.41, 5.74) is 1.10. The fourth-order valence-electron chi connectivity index (χ4n) is 2.54. The molecule has 1 aromatic rings. The molecule has 2 atom stereocenters. The smallest absolute Gasteiger partial charge is 0.135 e. The van der Waals surface area contributed by atoms with Crippen LogP contribution in [-0.4, -0.2) is 12.9 Å². The second kappa shape index (κ2) is 5.09.